The number of nitrogen functional groups attached to an aromatic ring is 1. The van der Waals surface area contributed by atoms with Crippen molar-refractivity contribution in [3.63, 3.8) is 0 Å². The van der Waals surface area contributed by atoms with Crippen molar-refractivity contribution in [2.75, 3.05) is 30.8 Å². The van der Waals surface area contributed by atoms with Crippen molar-refractivity contribution in [2.24, 2.45) is 0 Å². The highest BCUT2D eigenvalue weighted by atomic mass is 16.5. The fourth-order valence-electron chi connectivity index (χ4n) is 4.15. The molecule has 1 fully saturated rings. The van der Waals surface area contributed by atoms with Crippen molar-refractivity contribution >= 4 is 28.2 Å². The van der Waals surface area contributed by atoms with E-state index in [1.165, 1.54) is 24.1 Å². The number of aromatic nitrogens is 3. The van der Waals surface area contributed by atoms with Gasteiger partial charge in [-0.2, -0.15) is 0 Å². The SMILES string of the molecule is COc1cccc2c1nc(N)n1cc(Cc3ccccc3N3CCCC3)nc21. The van der Waals surface area contributed by atoms with Gasteiger partial charge in [-0.25, -0.2) is 9.97 Å². The predicted octanol–water partition coefficient (Wildman–Crippen LogP) is 3.66. The van der Waals surface area contributed by atoms with E-state index in [-0.39, 0.29) is 0 Å². The van der Waals surface area contributed by atoms with Gasteiger partial charge < -0.3 is 15.4 Å². The zero-order valence-electron chi connectivity index (χ0n) is 15.9. The van der Waals surface area contributed by atoms with Crippen molar-refractivity contribution in [1.82, 2.24) is 14.4 Å². The molecule has 1 saturated heterocycles. The summed E-state index contributed by atoms with van der Waals surface area (Å²) in [6, 6.07) is 14.5. The van der Waals surface area contributed by atoms with Crippen LogP contribution in [0.1, 0.15) is 24.1 Å². The maximum Gasteiger partial charge on any atom is 0.206 e. The van der Waals surface area contributed by atoms with Gasteiger partial charge in [0, 0.05) is 36.8 Å². The first-order valence-electron chi connectivity index (χ1n) is 9.67. The molecule has 5 rings (SSSR count). The summed E-state index contributed by atoms with van der Waals surface area (Å²) < 4.78 is 7.32. The van der Waals surface area contributed by atoms with Crippen LogP contribution in [0, 0.1) is 0 Å². The third-order valence-electron chi connectivity index (χ3n) is 5.50. The Hall–Kier alpha value is -3.28. The summed E-state index contributed by atoms with van der Waals surface area (Å²) in [5.74, 6) is 1.12. The normalized spacial score (nSPS) is 14.2. The molecule has 0 bridgehead atoms. The molecule has 2 aromatic carbocycles. The standard InChI is InChI=1S/C22H23N5O/c1-28-19-10-6-8-17-20(19)25-22(23)27-14-16(24-21(17)27)13-15-7-2-3-9-18(15)26-11-4-5-12-26/h2-3,6-10,14H,4-5,11-13H2,1H3,(H2,23,25). The van der Waals surface area contributed by atoms with Gasteiger partial charge in [0.2, 0.25) is 5.95 Å². The van der Waals surface area contributed by atoms with Crippen LogP contribution in [0.25, 0.3) is 16.6 Å². The molecule has 2 N–H and O–H groups in total. The number of hydrogen-bond acceptors (Lipinski definition) is 5. The summed E-state index contributed by atoms with van der Waals surface area (Å²) in [6.45, 7) is 2.26. The van der Waals surface area contributed by atoms with Crippen molar-refractivity contribution in [2.45, 2.75) is 19.3 Å². The first-order valence-corrected chi connectivity index (χ1v) is 9.67. The monoisotopic (exact) mass is 373 g/mol. The Morgan fingerprint density at radius 3 is 2.68 bits per heavy atom. The second-order valence-electron chi connectivity index (χ2n) is 7.25. The number of anilines is 2. The third-order valence-corrected chi connectivity index (χ3v) is 5.50. The number of hydrogen-bond donors (Lipinski definition) is 1. The molecular formula is C22H23N5O. The van der Waals surface area contributed by atoms with Crippen LogP contribution in [0.15, 0.2) is 48.7 Å². The topological polar surface area (TPSA) is 68.7 Å². The lowest BCUT2D eigenvalue weighted by Gasteiger charge is -2.21. The Morgan fingerprint density at radius 2 is 1.86 bits per heavy atom. The summed E-state index contributed by atoms with van der Waals surface area (Å²) in [7, 11) is 1.64. The summed E-state index contributed by atoms with van der Waals surface area (Å²) in [4.78, 5) is 11.9. The van der Waals surface area contributed by atoms with E-state index in [2.05, 4.69) is 34.1 Å². The van der Waals surface area contributed by atoms with Crippen molar-refractivity contribution in [3.05, 3.63) is 59.9 Å². The van der Waals surface area contributed by atoms with E-state index < -0.39 is 0 Å². The molecule has 0 radical (unpaired) electrons. The molecule has 2 aromatic heterocycles. The molecule has 0 spiro atoms. The molecule has 28 heavy (non-hydrogen) atoms. The molecule has 4 aromatic rings. The summed E-state index contributed by atoms with van der Waals surface area (Å²) >= 11 is 0. The van der Waals surface area contributed by atoms with Gasteiger partial charge in [0.05, 0.1) is 12.8 Å². The van der Waals surface area contributed by atoms with Crippen molar-refractivity contribution in [1.29, 1.82) is 0 Å². The van der Waals surface area contributed by atoms with Gasteiger partial charge in [0.25, 0.3) is 0 Å². The molecule has 1 aliphatic rings. The predicted molar refractivity (Wildman–Crippen MR) is 112 cm³/mol. The highest BCUT2D eigenvalue weighted by Gasteiger charge is 2.17. The highest BCUT2D eigenvalue weighted by molar-refractivity contribution is 5.96. The first-order chi connectivity index (χ1) is 13.7. The molecule has 6 nitrogen and oxygen atoms in total. The van der Waals surface area contributed by atoms with Crippen LogP contribution in [-0.2, 0) is 6.42 Å². The zero-order valence-corrected chi connectivity index (χ0v) is 15.9. The van der Waals surface area contributed by atoms with Gasteiger partial charge in [-0.3, -0.25) is 4.40 Å². The summed E-state index contributed by atoms with van der Waals surface area (Å²) in [5.41, 5.74) is 11.4. The minimum atomic E-state index is 0.415. The molecule has 0 amide bonds. The van der Waals surface area contributed by atoms with E-state index in [0.717, 1.165) is 41.8 Å². The van der Waals surface area contributed by atoms with Crippen LogP contribution in [0.5, 0.6) is 5.75 Å². The Balaban J connectivity index is 1.60. The van der Waals surface area contributed by atoms with Crippen LogP contribution in [0.4, 0.5) is 11.6 Å². The molecule has 0 atom stereocenters. The lowest BCUT2D eigenvalue weighted by molar-refractivity contribution is 0.419. The summed E-state index contributed by atoms with van der Waals surface area (Å²) in [6.07, 6.45) is 5.29. The lowest BCUT2D eigenvalue weighted by Crippen LogP contribution is -2.19. The Kier molecular flexibility index (Phi) is 4.04. The quantitative estimate of drug-likeness (QED) is 0.591. The lowest BCUT2D eigenvalue weighted by atomic mass is 10.1. The minimum absolute atomic E-state index is 0.415. The van der Waals surface area contributed by atoms with Crippen LogP contribution in [0.3, 0.4) is 0 Å². The average Bonchev–Trinajstić information content (AvgIpc) is 3.39. The average molecular weight is 373 g/mol. The number of nitrogens with two attached hydrogens (primary N) is 1. The van der Waals surface area contributed by atoms with E-state index >= 15 is 0 Å². The maximum atomic E-state index is 6.23. The number of nitrogens with zero attached hydrogens (tertiary/aromatic N) is 4. The van der Waals surface area contributed by atoms with Crippen LogP contribution in [0.2, 0.25) is 0 Å². The maximum absolute atomic E-state index is 6.23. The van der Waals surface area contributed by atoms with Gasteiger partial charge in [-0.05, 0) is 36.6 Å². The number of para-hydroxylation sites is 2. The van der Waals surface area contributed by atoms with Gasteiger partial charge in [0.15, 0.2) is 0 Å². The van der Waals surface area contributed by atoms with Gasteiger partial charge in [0.1, 0.15) is 16.9 Å². The van der Waals surface area contributed by atoms with E-state index in [9.17, 15) is 0 Å². The van der Waals surface area contributed by atoms with E-state index in [1.54, 1.807) is 7.11 Å². The molecule has 1 aliphatic heterocycles. The van der Waals surface area contributed by atoms with E-state index in [1.807, 2.05) is 28.8 Å². The minimum Gasteiger partial charge on any atom is -0.494 e. The third kappa shape index (κ3) is 2.72. The second-order valence-corrected chi connectivity index (χ2v) is 7.25. The number of ether oxygens (including phenoxy) is 1. The fraction of sp³-hybridized carbons (Fsp3) is 0.273. The number of benzene rings is 2. The molecule has 0 unspecified atom stereocenters. The van der Waals surface area contributed by atoms with Gasteiger partial charge >= 0.3 is 0 Å². The molecular weight excluding hydrogens is 350 g/mol. The molecule has 0 aliphatic carbocycles. The molecule has 6 heteroatoms. The van der Waals surface area contributed by atoms with Gasteiger partial charge in [-0.1, -0.05) is 24.3 Å². The largest absolute Gasteiger partial charge is 0.494 e. The highest BCUT2D eigenvalue weighted by Crippen LogP contribution is 2.30. The number of imidazole rings is 1. The Bertz CT molecular complexity index is 1160. The second kappa shape index (κ2) is 6.71. The number of fused-ring (bicyclic) bond motifs is 3. The Labute approximate surface area is 163 Å². The fourth-order valence-corrected chi connectivity index (χ4v) is 4.15. The molecule has 142 valence electrons. The first kappa shape index (κ1) is 16.9. The summed E-state index contributed by atoms with van der Waals surface area (Å²) in [5, 5.41) is 0.938. The molecule has 0 saturated carbocycles. The number of rotatable bonds is 4. The van der Waals surface area contributed by atoms with Crippen LogP contribution >= 0.6 is 0 Å². The van der Waals surface area contributed by atoms with Gasteiger partial charge in [-0.15, -0.1) is 0 Å². The number of methoxy groups -OCH3 is 1. The smallest absolute Gasteiger partial charge is 0.206 e. The molecule has 3 heterocycles. The van der Waals surface area contributed by atoms with Crippen molar-refractivity contribution in [3.8, 4) is 5.75 Å². The van der Waals surface area contributed by atoms with E-state index in [4.69, 9.17) is 15.5 Å². The van der Waals surface area contributed by atoms with E-state index in [0.29, 0.717) is 11.7 Å². The van der Waals surface area contributed by atoms with Crippen LogP contribution in [-0.4, -0.2) is 34.6 Å². The van der Waals surface area contributed by atoms with Crippen LogP contribution < -0.4 is 15.4 Å². The van der Waals surface area contributed by atoms with Crippen molar-refractivity contribution < 1.29 is 4.74 Å². The Morgan fingerprint density at radius 1 is 1.04 bits per heavy atom. The zero-order chi connectivity index (χ0) is 19.1.